The van der Waals surface area contributed by atoms with E-state index in [0.717, 1.165) is 3.57 Å². The van der Waals surface area contributed by atoms with Crippen LogP contribution in [-0.2, 0) is 10.0 Å². The second kappa shape index (κ2) is 5.21. The van der Waals surface area contributed by atoms with E-state index in [0.29, 0.717) is 5.75 Å². The Balaban J connectivity index is 2.41. The molecule has 2 aromatic rings. The molecule has 0 atom stereocenters. The zero-order chi connectivity index (χ0) is 13.2. The first-order valence-electron chi connectivity index (χ1n) is 4.88. The Labute approximate surface area is 118 Å². The maximum atomic E-state index is 11.4. The maximum absolute atomic E-state index is 11.4. The Morgan fingerprint density at radius 2 is 2.00 bits per heavy atom. The molecule has 18 heavy (non-hydrogen) atoms. The number of nitrogens with two attached hydrogens (primary N) is 1. The second-order valence-electron chi connectivity index (χ2n) is 3.41. The van der Waals surface area contributed by atoms with Gasteiger partial charge in [0.2, 0.25) is 15.9 Å². The van der Waals surface area contributed by atoms with E-state index in [1.165, 1.54) is 18.3 Å². The monoisotopic (exact) mass is 376 g/mol. The number of halogens is 1. The number of sulfonamides is 1. The molecule has 1 aromatic heterocycles. The van der Waals surface area contributed by atoms with Crippen LogP contribution in [-0.4, -0.2) is 13.4 Å². The molecule has 0 spiro atoms. The van der Waals surface area contributed by atoms with Crippen LogP contribution in [0.5, 0.6) is 11.6 Å². The molecule has 0 fully saturated rings. The van der Waals surface area contributed by atoms with Crippen LogP contribution in [0.2, 0.25) is 0 Å². The number of nitrogens with zero attached hydrogens (tertiary/aromatic N) is 1. The predicted molar refractivity (Wildman–Crippen MR) is 74.8 cm³/mol. The molecule has 5 nitrogen and oxygen atoms in total. The highest BCUT2D eigenvalue weighted by Crippen LogP contribution is 2.26. The van der Waals surface area contributed by atoms with Crippen molar-refractivity contribution in [1.82, 2.24) is 4.98 Å². The lowest BCUT2D eigenvalue weighted by molar-refractivity contribution is 0.447. The van der Waals surface area contributed by atoms with E-state index in [-0.39, 0.29) is 10.8 Å². The molecule has 7 heteroatoms. The minimum atomic E-state index is -3.85. The van der Waals surface area contributed by atoms with Crippen molar-refractivity contribution in [2.45, 2.75) is 4.90 Å². The van der Waals surface area contributed by atoms with Crippen LogP contribution < -0.4 is 9.88 Å². The topological polar surface area (TPSA) is 82.3 Å². The largest absolute Gasteiger partial charge is 0.438 e. The van der Waals surface area contributed by atoms with Gasteiger partial charge >= 0.3 is 0 Å². The van der Waals surface area contributed by atoms with Gasteiger partial charge in [-0.15, -0.1) is 0 Å². The van der Waals surface area contributed by atoms with E-state index in [1.54, 1.807) is 18.2 Å². The van der Waals surface area contributed by atoms with Crippen molar-refractivity contribution < 1.29 is 13.2 Å². The molecule has 0 aliphatic heterocycles. The van der Waals surface area contributed by atoms with Crippen LogP contribution >= 0.6 is 22.6 Å². The summed E-state index contributed by atoms with van der Waals surface area (Å²) in [6, 6.07) is 10.0. The summed E-state index contributed by atoms with van der Waals surface area (Å²) in [7, 11) is -3.85. The van der Waals surface area contributed by atoms with E-state index in [1.807, 2.05) is 6.07 Å². The predicted octanol–water partition coefficient (Wildman–Crippen LogP) is 2.13. The van der Waals surface area contributed by atoms with Crippen molar-refractivity contribution in [3.8, 4) is 11.6 Å². The van der Waals surface area contributed by atoms with Gasteiger partial charge in [-0.05, 0) is 52.9 Å². The average Bonchev–Trinajstić information content (AvgIpc) is 2.28. The van der Waals surface area contributed by atoms with Crippen LogP contribution in [0.3, 0.4) is 0 Å². The van der Waals surface area contributed by atoms with Crippen molar-refractivity contribution in [1.29, 1.82) is 0 Å². The lowest BCUT2D eigenvalue weighted by Crippen LogP contribution is -2.13. The Morgan fingerprint density at radius 3 is 2.67 bits per heavy atom. The van der Waals surface area contributed by atoms with Gasteiger partial charge < -0.3 is 4.74 Å². The summed E-state index contributed by atoms with van der Waals surface area (Å²) >= 11 is 2.13. The summed E-state index contributed by atoms with van der Waals surface area (Å²) in [5, 5.41) is 5.09. The number of hydrogen-bond acceptors (Lipinski definition) is 4. The Morgan fingerprint density at radius 1 is 1.22 bits per heavy atom. The number of aromatic nitrogens is 1. The first-order valence-corrected chi connectivity index (χ1v) is 7.50. The van der Waals surface area contributed by atoms with Crippen LogP contribution in [0.4, 0.5) is 0 Å². The number of ether oxygens (including phenoxy) is 1. The molecule has 94 valence electrons. The molecule has 0 aliphatic carbocycles. The molecule has 0 saturated heterocycles. The number of pyridine rings is 1. The third-order valence-corrected chi connectivity index (χ3v) is 3.65. The number of benzene rings is 1. The molecule has 1 heterocycles. The average molecular weight is 376 g/mol. The number of primary sulfonamides is 1. The molecule has 0 saturated carbocycles. The maximum Gasteiger partial charge on any atom is 0.243 e. The van der Waals surface area contributed by atoms with Gasteiger partial charge in [0, 0.05) is 9.77 Å². The fourth-order valence-electron chi connectivity index (χ4n) is 1.31. The molecular formula is C11H9IN2O3S. The summed E-state index contributed by atoms with van der Waals surface area (Å²) in [5.74, 6) is 0.479. The third kappa shape index (κ3) is 3.18. The third-order valence-electron chi connectivity index (χ3n) is 2.05. The lowest BCUT2D eigenvalue weighted by atomic mass is 10.3. The summed E-state index contributed by atoms with van der Waals surface area (Å²) in [4.78, 5) is 3.75. The van der Waals surface area contributed by atoms with Gasteiger partial charge in [-0.3, -0.25) is 0 Å². The molecule has 2 N–H and O–H groups in total. The highest BCUT2D eigenvalue weighted by molar-refractivity contribution is 14.1. The van der Waals surface area contributed by atoms with E-state index >= 15 is 0 Å². The van der Waals surface area contributed by atoms with Gasteiger partial charge in [-0.1, -0.05) is 6.07 Å². The van der Waals surface area contributed by atoms with Crippen LogP contribution in [0.15, 0.2) is 47.5 Å². The molecule has 0 unspecified atom stereocenters. The summed E-state index contributed by atoms with van der Waals surface area (Å²) in [6.07, 6.45) is 1.44. The van der Waals surface area contributed by atoms with Crippen molar-refractivity contribution >= 4 is 32.6 Å². The zero-order valence-electron chi connectivity index (χ0n) is 9.08. The molecule has 2 rings (SSSR count). The second-order valence-corrected chi connectivity index (χ2v) is 6.19. The normalized spacial score (nSPS) is 11.2. The Kier molecular flexibility index (Phi) is 3.83. The minimum absolute atomic E-state index is 0.0259. The van der Waals surface area contributed by atoms with Crippen molar-refractivity contribution in [3.05, 3.63) is 46.2 Å². The van der Waals surface area contributed by atoms with Crippen molar-refractivity contribution in [2.75, 3.05) is 0 Å². The van der Waals surface area contributed by atoms with E-state index in [4.69, 9.17) is 9.88 Å². The fourth-order valence-corrected chi connectivity index (χ4v) is 2.43. The summed E-state index contributed by atoms with van der Waals surface area (Å²) in [6.45, 7) is 0. The van der Waals surface area contributed by atoms with E-state index in [2.05, 4.69) is 27.6 Å². The SMILES string of the molecule is NS(=O)(=O)c1cccnc1Oc1cccc(I)c1. The highest BCUT2D eigenvalue weighted by atomic mass is 127. The number of hydrogen-bond donors (Lipinski definition) is 1. The van der Waals surface area contributed by atoms with Gasteiger partial charge in [0.15, 0.2) is 0 Å². The van der Waals surface area contributed by atoms with Crippen LogP contribution in [0.1, 0.15) is 0 Å². The molecule has 1 aromatic carbocycles. The van der Waals surface area contributed by atoms with Crippen molar-refractivity contribution in [3.63, 3.8) is 0 Å². The smallest absolute Gasteiger partial charge is 0.243 e. The Bertz CT molecular complexity index is 673. The molecule has 0 bridgehead atoms. The molecule has 0 amide bonds. The van der Waals surface area contributed by atoms with Gasteiger partial charge in [0.05, 0.1) is 0 Å². The van der Waals surface area contributed by atoms with Crippen LogP contribution in [0, 0.1) is 3.57 Å². The summed E-state index contributed by atoms with van der Waals surface area (Å²) in [5.41, 5.74) is 0. The zero-order valence-corrected chi connectivity index (χ0v) is 12.1. The molecular weight excluding hydrogens is 367 g/mol. The molecule has 0 aliphatic rings. The van der Waals surface area contributed by atoms with Crippen LogP contribution in [0.25, 0.3) is 0 Å². The van der Waals surface area contributed by atoms with E-state index in [9.17, 15) is 8.42 Å². The standard InChI is InChI=1S/C11H9IN2O3S/c12-8-3-1-4-9(7-8)17-11-10(18(13,15)16)5-2-6-14-11/h1-7H,(H2,13,15,16). The van der Waals surface area contributed by atoms with Gasteiger partial charge in [0.1, 0.15) is 10.6 Å². The van der Waals surface area contributed by atoms with Crippen molar-refractivity contribution in [2.24, 2.45) is 5.14 Å². The number of rotatable bonds is 3. The Hall–Kier alpha value is -1.19. The first kappa shape index (κ1) is 13.2. The fraction of sp³-hybridized carbons (Fsp3) is 0. The van der Waals surface area contributed by atoms with Gasteiger partial charge in [-0.25, -0.2) is 18.5 Å². The summed E-state index contributed by atoms with van der Waals surface area (Å²) < 4.78 is 29.1. The lowest BCUT2D eigenvalue weighted by Gasteiger charge is -2.08. The molecule has 0 radical (unpaired) electrons. The van der Waals surface area contributed by atoms with Gasteiger partial charge in [0.25, 0.3) is 0 Å². The van der Waals surface area contributed by atoms with Gasteiger partial charge in [-0.2, -0.15) is 0 Å². The minimum Gasteiger partial charge on any atom is -0.438 e. The first-order chi connectivity index (χ1) is 8.47. The quantitative estimate of drug-likeness (QED) is 0.833. The highest BCUT2D eigenvalue weighted by Gasteiger charge is 2.16. The van der Waals surface area contributed by atoms with E-state index < -0.39 is 10.0 Å².